The molecular weight excluding hydrogens is 398 g/mol. The molecule has 1 aromatic heterocycles. The van der Waals surface area contributed by atoms with Gasteiger partial charge in [-0.15, -0.1) is 0 Å². The van der Waals surface area contributed by atoms with E-state index in [4.69, 9.17) is 5.10 Å². The number of hydrogen-bond acceptors (Lipinski definition) is 1. The third-order valence-electron chi connectivity index (χ3n) is 4.33. The van der Waals surface area contributed by atoms with Crippen LogP contribution in [0, 0.1) is 11.6 Å². The van der Waals surface area contributed by atoms with Crippen LogP contribution in [-0.2, 0) is 13.0 Å². The van der Waals surface area contributed by atoms with Gasteiger partial charge in [0.15, 0.2) is 0 Å². The highest BCUT2D eigenvalue weighted by molar-refractivity contribution is 9.10. The maximum Gasteiger partial charge on any atom is 0.123 e. The van der Waals surface area contributed by atoms with Gasteiger partial charge in [-0.05, 0) is 47.5 Å². The topological polar surface area (TPSA) is 17.8 Å². The van der Waals surface area contributed by atoms with Crippen LogP contribution in [0.1, 0.15) is 16.8 Å². The molecule has 0 aliphatic carbocycles. The Kier molecular flexibility index (Phi) is 4.55. The third kappa shape index (κ3) is 3.40. The number of benzene rings is 3. The molecule has 26 heavy (non-hydrogen) atoms. The van der Waals surface area contributed by atoms with E-state index >= 15 is 0 Å². The Morgan fingerprint density at radius 1 is 0.808 bits per heavy atom. The molecule has 0 bridgehead atoms. The molecule has 4 aromatic rings. The van der Waals surface area contributed by atoms with Gasteiger partial charge in [0.1, 0.15) is 11.6 Å². The van der Waals surface area contributed by atoms with Gasteiger partial charge in [-0.1, -0.05) is 46.3 Å². The molecule has 0 fully saturated rings. The Balaban J connectivity index is 1.75. The van der Waals surface area contributed by atoms with Gasteiger partial charge in [-0.2, -0.15) is 5.10 Å². The van der Waals surface area contributed by atoms with Crippen LogP contribution in [0.2, 0.25) is 0 Å². The summed E-state index contributed by atoms with van der Waals surface area (Å²) in [5.74, 6) is -0.500. The predicted molar refractivity (Wildman–Crippen MR) is 102 cm³/mol. The summed E-state index contributed by atoms with van der Waals surface area (Å²) in [6, 6.07) is 18.9. The summed E-state index contributed by atoms with van der Waals surface area (Å²) in [5.41, 5.74) is 3.89. The van der Waals surface area contributed by atoms with E-state index < -0.39 is 0 Å². The maximum absolute atomic E-state index is 13.2. The van der Waals surface area contributed by atoms with E-state index in [0.717, 1.165) is 32.2 Å². The first-order chi connectivity index (χ1) is 12.6. The van der Waals surface area contributed by atoms with Crippen LogP contribution < -0.4 is 0 Å². The van der Waals surface area contributed by atoms with Crippen molar-refractivity contribution >= 4 is 26.8 Å². The van der Waals surface area contributed by atoms with Crippen LogP contribution >= 0.6 is 15.9 Å². The second kappa shape index (κ2) is 7.00. The van der Waals surface area contributed by atoms with Crippen molar-refractivity contribution in [3.05, 3.63) is 99.7 Å². The summed E-state index contributed by atoms with van der Waals surface area (Å²) >= 11 is 3.62. The molecule has 0 unspecified atom stereocenters. The highest BCUT2D eigenvalue weighted by Crippen LogP contribution is 2.29. The Morgan fingerprint density at radius 3 is 2.08 bits per heavy atom. The van der Waals surface area contributed by atoms with Crippen LogP contribution in [0.25, 0.3) is 10.9 Å². The third-order valence-corrected chi connectivity index (χ3v) is 4.99. The molecule has 0 N–H and O–H groups in total. The highest BCUT2D eigenvalue weighted by atomic mass is 79.9. The first-order valence-electron chi connectivity index (χ1n) is 8.23. The van der Waals surface area contributed by atoms with Crippen molar-refractivity contribution < 1.29 is 8.78 Å². The lowest BCUT2D eigenvalue weighted by Crippen LogP contribution is -2.02. The van der Waals surface area contributed by atoms with E-state index in [0.29, 0.717) is 13.0 Å². The standard InChI is InChI=1S/C21H15BrF2N2/c22-18-2-1-3-20-21(18)19(12-14-4-8-16(23)9-5-14)25-26(20)13-15-6-10-17(24)11-7-15/h1-11H,12-13H2. The molecule has 5 heteroatoms. The number of hydrogen-bond donors (Lipinski definition) is 0. The second-order valence-electron chi connectivity index (χ2n) is 6.17. The molecular formula is C21H15BrF2N2. The minimum Gasteiger partial charge on any atom is -0.260 e. The Morgan fingerprint density at radius 2 is 1.42 bits per heavy atom. The fourth-order valence-corrected chi connectivity index (χ4v) is 3.65. The molecule has 2 nitrogen and oxygen atoms in total. The van der Waals surface area contributed by atoms with Gasteiger partial charge in [0, 0.05) is 16.3 Å². The molecule has 0 radical (unpaired) electrons. The van der Waals surface area contributed by atoms with Crippen molar-refractivity contribution in [2.45, 2.75) is 13.0 Å². The normalized spacial score (nSPS) is 11.2. The van der Waals surface area contributed by atoms with Crippen molar-refractivity contribution in [1.82, 2.24) is 9.78 Å². The molecule has 0 aliphatic rings. The number of fused-ring (bicyclic) bond motifs is 1. The fourth-order valence-electron chi connectivity index (χ4n) is 3.07. The molecule has 0 aliphatic heterocycles. The summed E-state index contributed by atoms with van der Waals surface area (Å²) in [6.07, 6.45) is 0.607. The van der Waals surface area contributed by atoms with Gasteiger partial charge in [0.25, 0.3) is 0 Å². The van der Waals surface area contributed by atoms with E-state index in [1.54, 1.807) is 24.3 Å². The predicted octanol–water partition coefficient (Wildman–Crippen LogP) is 5.72. The number of halogens is 3. The molecule has 3 aromatic carbocycles. The Bertz CT molecular complexity index is 1050. The van der Waals surface area contributed by atoms with Gasteiger partial charge in [0.2, 0.25) is 0 Å². The zero-order valence-corrected chi connectivity index (χ0v) is 15.4. The van der Waals surface area contributed by atoms with Crippen molar-refractivity contribution in [2.75, 3.05) is 0 Å². The number of nitrogens with zero attached hydrogens (tertiary/aromatic N) is 2. The fraction of sp³-hybridized carbons (Fsp3) is 0.0952. The molecule has 0 amide bonds. The molecule has 0 saturated heterocycles. The first-order valence-corrected chi connectivity index (χ1v) is 9.02. The van der Waals surface area contributed by atoms with Gasteiger partial charge in [0.05, 0.1) is 17.8 Å². The van der Waals surface area contributed by atoms with Crippen molar-refractivity contribution in [3.63, 3.8) is 0 Å². The minimum absolute atomic E-state index is 0.248. The molecule has 4 rings (SSSR count). The molecule has 1 heterocycles. The van der Waals surface area contributed by atoms with Gasteiger partial charge >= 0.3 is 0 Å². The zero-order chi connectivity index (χ0) is 18.1. The van der Waals surface area contributed by atoms with Crippen LogP contribution in [0.3, 0.4) is 0 Å². The van der Waals surface area contributed by atoms with Gasteiger partial charge in [-0.3, -0.25) is 4.68 Å². The van der Waals surface area contributed by atoms with Crippen LogP contribution in [0.4, 0.5) is 8.78 Å². The number of rotatable bonds is 4. The minimum atomic E-state index is -0.251. The Hall–Kier alpha value is -2.53. The summed E-state index contributed by atoms with van der Waals surface area (Å²) in [6.45, 7) is 0.552. The van der Waals surface area contributed by atoms with Gasteiger partial charge < -0.3 is 0 Å². The average Bonchev–Trinajstić information content (AvgIpc) is 2.98. The quantitative estimate of drug-likeness (QED) is 0.419. The summed E-state index contributed by atoms with van der Waals surface area (Å²) in [7, 11) is 0. The van der Waals surface area contributed by atoms with Crippen LogP contribution in [0.5, 0.6) is 0 Å². The van der Waals surface area contributed by atoms with Crippen LogP contribution in [-0.4, -0.2) is 9.78 Å². The molecule has 130 valence electrons. The smallest absolute Gasteiger partial charge is 0.123 e. The van der Waals surface area contributed by atoms with Crippen molar-refractivity contribution in [3.8, 4) is 0 Å². The molecule has 0 spiro atoms. The lowest BCUT2D eigenvalue weighted by Gasteiger charge is -2.04. The summed E-state index contributed by atoms with van der Waals surface area (Å²) in [4.78, 5) is 0. The number of aromatic nitrogens is 2. The lowest BCUT2D eigenvalue weighted by molar-refractivity contribution is 0.625. The first kappa shape index (κ1) is 16.9. The van der Waals surface area contributed by atoms with E-state index in [9.17, 15) is 8.78 Å². The lowest BCUT2D eigenvalue weighted by atomic mass is 10.1. The largest absolute Gasteiger partial charge is 0.260 e. The highest BCUT2D eigenvalue weighted by Gasteiger charge is 2.14. The summed E-state index contributed by atoms with van der Waals surface area (Å²) in [5, 5.41) is 5.83. The van der Waals surface area contributed by atoms with E-state index in [2.05, 4.69) is 15.9 Å². The second-order valence-corrected chi connectivity index (χ2v) is 7.02. The zero-order valence-electron chi connectivity index (χ0n) is 13.8. The van der Waals surface area contributed by atoms with Crippen LogP contribution in [0.15, 0.2) is 71.2 Å². The van der Waals surface area contributed by atoms with E-state index in [1.165, 1.54) is 24.3 Å². The molecule has 0 atom stereocenters. The van der Waals surface area contributed by atoms with E-state index in [1.807, 2.05) is 22.9 Å². The van der Waals surface area contributed by atoms with Crippen molar-refractivity contribution in [1.29, 1.82) is 0 Å². The van der Waals surface area contributed by atoms with Gasteiger partial charge in [-0.25, -0.2) is 8.78 Å². The maximum atomic E-state index is 13.2. The monoisotopic (exact) mass is 412 g/mol. The Labute approximate surface area is 158 Å². The SMILES string of the molecule is Fc1ccc(Cc2nn(Cc3ccc(F)cc3)c3cccc(Br)c23)cc1. The van der Waals surface area contributed by atoms with Crippen molar-refractivity contribution in [2.24, 2.45) is 0 Å². The average molecular weight is 413 g/mol. The molecule has 0 saturated carbocycles. The van der Waals surface area contributed by atoms with E-state index in [-0.39, 0.29) is 11.6 Å². The summed E-state index contributed by atoms with van der Waals surface area (Å²) < 4.78 is 29.2.